The number of nitrogens with zero attached hydrogens (tertiary/aromatic N) is 3. The van der Waals surface area contributed by atoms with E-state index >= 15 is 0 Å². The van der Waals surface area contributed by atoms with E-state index in [2.05, 4.69) is 5.32 Å². The van der Waals surface area contributed by atoms with Crippen molar-refractivity contribution in [2.75, 3.05) is 5.32 Å². The Kier molecular flexibility index (Phi) is 5.05. The molecule has 0 fully saturated rings. The van der Waals surface area contributed by atoms with Gasteiger partial charge in [-0.1, -0.05) is 29.8 Å². The molecule has 8 heteroatoms. The second-order valence-corrected chi connectivity index (χ2v) is 8.16. The van der Waals surface area contributed by atoms with Crippen molar-refractivity contribution in [1.29, 1.82) is 0 Å². The van der Waals surface area contributed by atoms with E-state index in [4.69, 9.17) is 4.42 Å². The summed E-state index contributed by atoms with van der Waals surface area (Å²) >= 11 is 0. The Bertz CT molecular complexity index is 1640. The molecule has 0 aliphatic carbocycles. The van der Waals surface area contributed by atoms with Crippen molar-refractivity contribution in [3.63, 3.8) is 0 Å². The van der Waals surface area contributed by atoms with Gasteiger partial charge in [0.25, 0.3) is 11.5 Å². The van der Waals surface area contributed by atoms with E-state index in [1.165, 1.54) is 17.9 Å². The monoisotopic (exact) mass is 454 g/mol. The molecule has 1 amide bonds. The molecule has 0 saturated heterocycles. The number of hydrogen-bond acceptors (Lipinski definition) is 4. The first kappa shape index (κ1) is 21.3. The molecule has 0 unspecified atom stereocenters. The number of carbonyl (C=O) groups is 1. The second kappa shape index (κ2) is 8.08. The van der Waals surface area contributed by atoms with E-state index in [0.29, 0.717) is 22.3 Å². The standard InChI is InChI=1S/C26H22N4O4/c1-16-6-8-17(9-7-16)23-22-20(28(2)26(33)29(3)25(22)32)15-30(23)19-12-10-18(11-13-19)27-24(31)21-5-4-14-34-21/h4-15H,1-3H3,(H,27,31). The first-order chi connectivity index (χ1) is 16.3. The summed E-state index contributed by atoms with van der Waals surface area (Å²) in [4.78, 5) is 38.0. The van der Waals surface area contributed by atoms with Crippen LogP contribution >= 0.6 is 0 Å². The molecule has 3 aromatic heterocycles. The topological polar surface area (TPSA) is 91.2 Å². The van der Waals surface area contributed by atoms with Crippen molar-refractivity contribution in [3.8, 4) is 16.9 Å². The van der Waals surface area contributed by atoms with Gasteiger partial charge in [-0.05, 0) is 48.9 Å². The van der Waals surface area contributed by atoms with Crippen LogP contribution < -0.4 is 16.6 Å². The smallest absolute Gasteiger partial charge is 0.330 e. The van der Waals surface area contributed by atoms with Gasteiger partial charge in [0.05, 0.1) is 22.9 Å². The van der Waals surface area contributed by atoms with Crippen molar-refractivity contribution in [2.24, 2.45) is 14.1 Å². The molecular formula is C26H22N4O4. The number of hydrogen-bond donors (Lipinski definition) is 1. The lowest BCUT2D eigenvalue weighted by Crippen LogP contribution is -2.36. The third kappa shape index (κ3) is 3.45. The fourth-order valence-electron chi connectivity index (χ4n) is 4.05. The molecule has 0 aliphatic rings. The Balaban J connectivity index is 1.66. The third-order valence-electron chi connectivity index (χ3n) is 5.91. The molecule has 1 N–H and O–H groups in total. The molecule has 0 saturated carbocycles. The number of anilines is 1. The minimum absolute atomic E-state index is 0.221. The predicted octanol–water partition coefficient (Wildman–Crippen LogP) is 3.85. The Morgan fingerprint density at radius 2 is 1.62 bits per heavy atom. The number of carbonyl (C=O) groups excluding carboxylic acids is 1. The van der Waals surface area contributed by atoms with Gasteiger partial charge in [0.1, 0.15) is 0 Å². The number of furan rings is 1. The van der Waals surface area contributed by atoms with E-state index in [9.17, 15) is 14.4 Å². The Labute approximate surface area is 194 Å². The van der Waals surface area contributed by atoms with Crippen LogP contribution in [0, 0.1) is 6.92 Å². The van der Waals surface area contributed by atoms with E-state index in [1.807, 2.05) is 47.9 Å². The fourth-order valence-corrected chi connectivity index (χ4v) is 4.05. The molecule has 2 aromatic carbocycles. The summed E-state index contributed by atoms with van der Waals surface area (Å²) in [5.41, 5.74) is 3.82. The Morgan fingerprint density at radius 1 is 0.912 bits per heavy atom. The van der Waals surface area contributed by atoms with Gasteiger partial charge >= 0.3 is 5.69 Å². The van der Waals surface area contributed by atoms with E-state index in [0.717, 1.165) is 21.4 Å². The highest BCUT2D eigenvalue weighted by molar-refractivity contribution is 6.02. The SMILES string of the molecule is Cc1ccc(-c2c3c(=O)n(C)c(=O)n(C)c3cn2-c2ccc(NC(=O)c3ccco3)cc2)cc1. The molecule has 170 valence electrons. The van der Waals surface area contributed by atoms with E-state index in [1.54, 1.807) is 37.5 Å². The summed E-state index contributed by atoms with van der Waals surface area (Å²) in [5, 5.41) is 3.26. The van der Waals surface area contributed by atoms with Crippen LogP contribution in [-0.4, -0.2) is 19.6 Å². The highest BCUT2D eigenvalue weighted by Crippen LogP contribution is 2.31. The van der Waals surface area contributed by atoms with Gasteiger partial charge in [0.2, 0.25) is 0 Å². The molecule has 0 radical (unpaired) electrons. The summed E-state index contributed by atoms with van der Waals surface area (Å²) in [6, 6.07) is 18.4. The van der Waals surface area contributed by atoms with Crippen LogP contribution in [0.4, 0.5) is 5.69 Å². The molecule has 8 nitrogen and oxygen atoms in total. The molecule has 0 spiro atoms. The predicted molar refractivity (Wildman–Crippen MR) is 131 cm³/mol. The molecular weight excluding hydrogens is 432 g/mol. The minimum Gasteiger partial charge on any atom is -0.459 e. The molecule has 0 aliphatic heterocycles. The highest BCUT2D eigenvalue weighted by Gasteiger charge is 2.20. The van der Waals surface area contributed by atoms with Gasteiger partial charge in [-0.3, -0.25) is 18.7 Å². The number of amides is 1. The summed E-state index contributed by atoms with van der Waals surface area (Å²) in [5.74, 6) is -0.123. The van der Waals surface area contributed by atoms with Gasteiger partial charge in [0, 0.05) is 31.7 Å². The second-order valence-electron chi connectivity index (χ2n) is 8.16. The Morgan fingerprint density at radius 3 is 2.26 bits per heavy atom. The Hall–Kier alpha value is -4.59. The first-order valence-corrected chi connectivity index (χ1v) is 10.7. The summed E-state index contributed by atoms with van der Waals surface area (Å²) < 4.78 is 9.63. The van der Waals surface area contributed by atoms with E-state index < -0.39 is 0 Å². The summed E-state index contributed by atoms with van der Waals surface area (Å²) in [6.07, 6.45) is 3.24. The zero-order valence-corrected chi connectivity index (χ0v) is 18.9. The van der Waals surface area contributed by atoms with Crippen LogP contribution in [-0.2, 0) is 14.1 Å². The average Bonchev–Trinajstić information content (AvgIpc) is 3.51. The number of aryl methyl sites for hydroxylation is 2. The maximum Gasteiger partial charge on any atom is 0.330 e. The van der Waals surface area contributed by atoms with Crippen LogP contribution in [0.25, 0.3) is 27.8 Å². The lowest BCUT2D eigenvalue weighted by atomic mass is 10.1. The molecule has 0 bridgehead atoms. The number of aromatic nitrogens is 3. The highest BCUT2D eigenvalue weighted by atomic mass is 16.3. The maximum absolute atomic E-state index is 13.2. The lowest BCUT2D eigenvalue weighted by Gasteiger charge is -2.11. The van der Waals surface area contributed by atoms with Crippen LogP contribution in [0.1, 0.15) is 16.1 Å². The third-order valence-corrected chi connectivity index (χ3v) is 5.91. The van der Waals surface area contributed by atoms with Gasteiger partial charge in [0.15, 0.2) is 5.76 Å². The van der Waals surface area contributed by atoms with Crippen molar-refractivity contribution in [1.82, 2.24) is 13.7 Å². The first-order valence-electron chi connectivity index (χ1n) is 10.7. The molecule has 0 atom stereocenters. The number of rotatable bonds is 4. The maximum atomic E-state index is 13.2. The quantitative estimate of drug-likeness (QED) is 0.447. The van der Waals surface area contributed by atoms with Gasteiger partial charge in [-0.2, -0.15) is 0 Å². The lowest BCUT2D eigenvalue weighted by molar-refractivity contribution is 0.0996. The average molecular weight is 454 g/mol. The van der Waals surface area contributed by atoms with Crippen LogP contribution in [0.5, 0.6) is 0 Å². The van der Waals surface area contributed by atoms with E-state index in [-0.39, 0.29) is 22.9 Å². The number of benzene rings is 2. The van der Waals surface area contributed by atoms with Gasteiger partial charge in [-0.25, -0.2) is 4.79 Å². The number of fused-ring (bicyclic) bond motifs is 1. The van der Waals surface area contributed by atoms with Crippen molar-refractivity contribution < 1.29 is 9.21 Å². The van der Waals surface area contributed by atoms with Gasteiger partial charge in [-0.15, -0.1) is 0 Å². The zero-order valence-electron chi connectivity index (χ0n) is 18.9. The van der Waals surface area contributed by atoms with Crippen LogP contribution in [0.3, 0.4) is 0 Å². The normalized spacial score (nSPS) is 11.1. The zero-order chi connectivity index (χ0) is 24.0. The van der Waals surface area contributed by atoms with Gasteiger partial charge < -0.3 is 14.3 Å². The summed E-state index contributed by atoms with van der Waals surface area (Å²) in [6.45, 7) is 2.00. The van der Waals surface area contributed by atoms with Crippen molar-refractivity contribution >= 4 is 22.5 Å². The molecule has 5 aromatic rings. The summed E-state index contributed by atoms with van der Waals surface area (Å²) in [7, 11) is 3.14. The minimum atomic E-state index is -0.388. The van der Waals surface area contributed by atoms with Crippen LogP contribution in [0.15, 0.2) is 87.1 Å². The van der Waals surface area contributed by atoms with Crippen LogP contribution in [0.2, 0.25) is 0 Å². The molecule has 34 heavy (non-hydrogen) atoms. The number of nitrogens with one attached hydrogen (secondary N) is 1. The fraction of sp³-hybridized carbons (Fsp3) is 0.115. The van der Waals surface area contributed by atoms with Crippen molar-refractivity contribution in [3.05, 3.63) is 105 Å². The molecule has 5 rings (SSSR count). The molecule has 3 heterocycles. The largest absolute Gasteiger partial charge is 0.459 e. The van der Waals surface area contributed by atoms with Crippen molar-refractivity contribution in [2.45, 2.75) is 6.92 Å².